The Labute approximate surface area is 245 Å². The monoisotopic (exact) mass is 601 g/mol. The Hall–Kier alpha value is -4.12. The number of aromatic nitrogens is 2. The predicted molar refractivity (Wildman–Crippen MR) is 156 cm³/mol. The maximum Gasteiger partial charge on any atom is 0.405 e. The van der Waals surface area contributed by atoms with E-state index in [1.54, 1.807) is 12.1 Å². The molecule has 0 radical (unpaired) electrons. The normalized spacial score (nSPS) is 15.2. The number of allylic oxidation sites excluding steroid dienone is 1. The molecule has 1 fully saturated rings. The minimum absolute atomic E-state index is 0.00423. The average Bonchev–Trinajstić information content (AvgIpc) is 2.90. The van der Waals surface area contributed by atoms with E-state index in [1.807, 2.05) is 50.4 Å². The maximum atomic E-state index is 13.5. The summed E-state index contributed by atoms with van der Waals surface area (Å²) in [5, 5.41) is 5.21. The fraction of sp³-hybridized carbons (Fsp3) is 0.333. The van der Waals surface area contributed by atoms with Crippen LogP contribution < -0.4 is 22.1 Å². The molecule has 1 aliphatic carbocycles. The lowest BCUT2D eigenvalue weighted by Gasteiger charge is -2.41. The summed E-state index contributed by atoms with van der Waals surface area (Å²) in [5.74, 6) is -1.61. The average molecular weight is 602 g/mol. The highest BCUT2D eigenvalue weighted by Gasteiger charge is 2.46. The van der Waals surface area contributed by atoms with Gasteiger partial charge in [0.15, 0.2) is 0 Å². The summed E-state index contributed by atoms with van der Waals surface area (Å²) in [6.07, 6.45) is 1.53. The van der Waals surface area contributed by atoms with Gasteiger partial charge in [-0.15, -0.1) is 0 Å². The van der Waals surface area contributed by atoms with Gasteiger partial charge in [0.2, 0.25) is 5.91 Å². The minimum atomic E-state index is -4.59. The van der Waals surface area contributed by atoms with Crippen LogP contribution in [0.4, 0.5) is 19.0 Å². The lowest BCUT2D eigenvalue weighted by Crippen LogP contribution is -2.63. The number of carbonyl (C=O) groups is 2. The summed E-state index contributed by atoms with van der Waals surface area (Å²) < 4.78 is 39.2. The number of amides is 2. The Kier molecular flexibility index (Phi) is 8.81. The number of hydrogen-bond donors (Lipinski definition) is 3. The molecule has 1 unspecified atom stereocenters. The first-order chi connectivity index (χ1) is 19.7. The highest BCUT2D eigenvalue weighted by Crippen LogP contribution is 2.33. The quantitative estimate of drug-likeness (QED) is 0.327. The van der Waals surface area contributed by atoms with Crippen LogP contribution in [-0.2, 0) is 4.79 Å². The molecule has 222 valence electrons. The summed E-state index contributed by atoms with van der Waals surface area (Å²) in [5.41, 5.74) is 7.32. The molecule has 1 atom stereocenters. The molecule has 42 heavy (non-hydrogen) atoms. The van der Waals surface area contributed by atoms with Crippen LogP contribution in [-0.4, -0.2) is 39.6 Å². The summed E-state index contributed by atoms with van der Waals surface area (Å²) >= 11 is 6.31. The number of nitrogens with zero attached hydrogens (tertiary/aromatic N) is 2. The molecule has 4 rings (SSSR count). The van der Waals surface area contributed by atoms with E-state index < -0.39 is 35.8 Å². The maximum absolute atomic E-state index is 13.5. The van der Waals surface area contributed by atoms with Gasteiger partial charge in [-0.3, -0.25) is 14.2 Å². The highest BCUT2D eigenvalue weighted by molar-refractivity contribution is 6.32. The molecule has 4 N–H and O–H groups in total. The molecular weight excluding hydrogens is 571 g/mol. The molecule has 12 heteroatoms. The van der Waals surface area contributed by atoms with Crippen LogP contribution >= 0.6 is 11.6 Å². The van der Waals surface area contributed by atoms with Gasteiger partial charge in [0.25, 0.3) is 5.91 Å². The Morgan fingerprint density at radius 3 is 2.40 bits per heavy atom. The van der Waals surface area contributed by atoms with E-state index in [9.17, 15) is 27.6 Å². The van der Waals surface area contributed by atoms with Crippen molar-refractivity contribution in [1.29, 1.82) is 0 Å². The van der Waals surface area contributed by atoms with E-state index in [4.69, 9.17) is 17.3 Å². The van der Waals surface area contributed by atoms with Gasteiger partial charge in [0, 0.05) is 11.2 Å². The molecule has 1 aliphatic rings. The van der Waals surface area contributed by atoms with Crippen LogP contribution in [0, 0.1) is 13.8 Å². The van der Waals surface area contributed by atoms with Gasteiger partial charge in [0.1, 0.15) is 17.9 Å². The van der Waals surface area contributed by atoms with Crippen LogP contribution in [0.2, 0.25) is 5.02 Å². The van der Waals surface area contributed by atoms with Crippen molar-refractivity contribution in [2.24, 2.45) is 0 Å². The van der Waals surface area contributed by atoms with E-state index in [-0.39, 0.29) is 35.8 Å². The van der Waals surface area contributed by atoms with Crippen LogP contribution in [0.1, 0.15) is 64.7 Å². The van der Waals surface area contributed by atoms with Crippen molar-refractivity contribution in [1.82, 2.24) is 20.2 Å². The number of hydrogen-bond acceptors (Lipinski definition) is 5. The van der Waals surface area contributed by atoms with Gasteiger partial charge < -0.3 is 16.4 Å². The summed E-state index contributed by atoms with van der Waals surface area (Å²) in [6.45, 7) is 4.40. The molecule has 1 saturated carbocycles. The molecule has 1 aromatic heterocycles. The summed E-state index contributed by atoms with van der Waals surface area (Å²) in [4.78, 5) is 42.6. The highest BCUT2D eigenvalue weighted by atomic mass is 35.5. The molecule has 8 nitrogen and oxygen atoms in total. The van der Waals surface area contributed by atoms with E-state index in [2.05, 4.69) is 10.3 Å². The molecule has 2 aromatic carbocycles. The third-order valence-electron chi connectivity index (χ3n) is 7.36. The molecular formula is C30H31ClF3N5O3. The van der Waals surface area contributed by atoms with E-state index >= 15 is 0 Å². The van der Waals surface area contributed by atoms with E-state index in [0.29, 0.717) is 12.0 Å². The molecule has 3 aromatic rings. The number of carbonyl (C=O) groups excluding carboxylic acids is 2. The number of halogens is 4. The summed E-state index contributed by atoms with van der Waals surface area (Å²) in [7, 11) is 0. The first-order valence-corrected chi connectivity index (χ1v) is 13.7. The van der Waals surface area contributed by atoms with Crippen LogP contribution in [0.3, 0.4) is 0 Å². The molecule has 0 bridgehead atoms. The third kappa shape index (κ3) is 6.84. The first-order valence-electron chi connectivity index (χ1n) is 13.3. The van der Waals surface area contributed by atoms with Crippen molar-refractivity contribution in [2.75, 3.05) is 12.3 Å². The third-order valence-corrected chi connectivity index (χ3v) is 7.95. The Morgan fingerprint density at radius 2 is 1.83 bits per heavy atom. The molecule has 0 aliphatic heterocycles. The fourth-order valence-electron chi connectivity index (χ4n) is 4.83. The lowest BCUT2D eigenvalue weighted by atomic mass is 9.75. The zero-order valence-corrected chi connectivity index (χ0v) is 24.1. The number of aryl methyl sites for hydroxylation is 2. The number of nitrogen functional groups attached to an aromatic ring is 1. The second kappa shape index (κ2) is 12.0. The minimum Gasteiger partial charge on any atom is -0.383 e. The number of benzene rings is 2. The summed E-state index contributed by atoms with van der Waals surface area (Å²) in [6, 6.07) is 10.2. The standard InChI is InChI=1S/C30H31ClF3N5O3/c1-17(21-13-18(2)25(31)19(3)14-21)5-6-20-7-8-22(23(15-20)39-12-9-24(35)37-28(39)42)26(40)38-29(10-4-11-29)27(41)36-16-30(32,33)34/h5-9,12-15,17H,4,10-11,16H2,1-3H3,(H,36,41)(H,38,40)(H2,35,37,42)/b6-5+. The topological polar surface area (TPSA) is 119 Å². The number of nitrogens with two attached hydrogens (primary N) is 1. The molecule has 2 amide bonds. The van der Waals surface area contributed by atoms with Crippen LogP contribution in [0.15, 0.2) is 53.5 Å². The zero-order valence-electron chi connectivity index (χ0n) is 23.3. The van der Waals surface area contributed by atoms with Gasteiger partial charge >= 0.3 is 11.9 Å². The Morgan fingerprint density at radius 1 is 1.17 bits per heavy atom. The Balaban J connectivity index is 1.66. The van der Waals surface area contributed by atoms with Gasteiger partial charge in [-0.25, -0.2) is 4.79 Å². The van der Waals surface area contributed by atoms with Crippen molar-refractivity contribution in [2.45, 2.75) is 57.7 Å². The van der Waals surface area contributed by atoms with Crippen molar-refractivity contribution >= 4 is 35.3 Å². The number of anilines is 1. The van der Waals surface area contributed by atoms with Crippen molar-refractivity contribution in [3.05, 3.63) is 92.0 Å². The van der Waals surface area contributed by atoms with E-state index in [0.717, 1.165) is 26.3 Å². The zero-order chi connectivity index (χ0) is 30.8. The molecule has 0 spiro atoms. The van der Waals surface area contributed by atoms with Crippen molar-refractivity contribution < 1.29 is 22.8 Å². The lowest BCUT2D eigenvalue weighted by molar-refractivity contribution is -0.144. The SMILES string of the molecule is Cc1cc(C(C)/C=C/c2ccc(C(=O)NC3(C(=O)NCC(F)(F)F)CCC3)c(-n3ccc(N)nc3=O)c2)cc(C)c1Cl. The van der Waals surface area contributed by atoms with Gasteiger partial charge in [-0.2, -0.15) is 18.2 Å². The van der Waals surface area contributed by atoms with Crippen molar-refractivity contribution in [3.63, 3.8) is 0 Å². The smallest absolute Gasteiger partial charge is 0.383 e. The molecule has 0 saturated heterocycles. The number of alkyl halides is 3. The first kappa shape index (κ1) is 30.8. The number of nitrogens with one attached hydrogen (secondary N) is 2. The van der Waals surface area contributed by atoms with Gasteiger partial charge in [0.05, 0.1) is 11.3 Å². The second-order valence-corrected chi connectivity index (χ2v) is 11.0. The van der Waals surface area contributed by atoms with E-state index in [1.165, 1.54) is 18.3 Å². The largest absolute Gasteiger partial charge is 0.405 e. The van der Waals surface area contributed by atoms with Crippen LogP contribution in [0.5, 0.6) is 0 Å². The fourth-order valence-corrected chi connectivity index (χ4v) is 4.93. The second-order valence-electron chi connectivity index (χ2n) is 10.6. The van der Waals surface area contributed by atoms with Crippen LogP contribution in [0.25, 0.3) is 11.8 Å². The van der Waals surface area contributed by atoms with Gasteiger partial charge in [-0.1, -0.05) is 48.9 Å². The Bertz CT molecular complexity index is 1590. The number of rotatable bonds is 8. The molecule has 1 heterocycles. The van der Waals surface area contributed by atoms with Crippen molar-refractivity contribution in [3.8, 4) is 5.69 Å². The predicted octanol–water partition coefficient (Wildman–Crippen LogP) is 5.23. The van der Waals surface area contributed by atoms with Gasteiger partial charge in [-0.05, 0) is 79.5 Å².